The molecule has 1 N–H and O–H groups in total. The normalized spacial score (nSPS) is 29.4. The minimum atomic E-state index is 0.257. The summed E-state index contributed by atoms with van der Waals surface area (Å²) < 4.78 is 6.12. The SMILES string of the molecule is CC1CCCC(N(C)CC2CNc3ccccc3O2)C1. The lowest BCUT2D eigenvalue weighted by Crippen LogP contribution is -2.45. The van der Waals surface area contributed by atoms with Crippen molar-refractivity contribution in [1.82, 2.24) is 4.90 Å². The molecule has 1 aromatic rings. The maximum absolute atomic E-state index is 6.12. The molecule has 1 fully saturated rings. The molecule has 0 saturated heterocycles. The Kier molecular flexibility index (Phi) is 4.16. The molecule has 3 nitrogen and oxygen atoms in total. The first-order valence-corrected chi connectivity index (χ1v) is 7.92. The Morgan fingerprint density at radius 3 is 3.00 bits per heavy atom. The number of rotatable bonds is 3. The fraction of sp³-hybridized carbons (Fsp3) is 0.647. The lowest BCUT2D eigenvalue weighted by molar-refractivity contribution is 0.0995. The van der Waals surface area contributed by atoms with Crippen molar-refractivity contribution in [3.63, 3.8) is 0 Å². The third kappa shape index (κ3) is 3.09. The van der Waals surface area contributed by atoms with Gasteiger partial charge in [0.25, 0.3) is 0 Å². The molecule has 2 aliphatic rings. The molecule has 0 amide bonds. The van der Waals surface area contributed by atoms with Gasteiger partial charge in [-0.25, -0.2) is 0 Å². The predicted octanol–water partition coefficient (Wildman–Crippen LogP) is 3.37. The second kappa shape index (κ2) is 6.04. The summed E-state index contributed by atoms with van der Waals surface area (Å²) in [7, 11) is 2.26. The maximum Gasteiger partial charge on any atom is 0.142 e. The second-order valence-electron chi connectivity index (χ2n) is 6.48. The van der Waals surface area contributed by atoms with E-state index in [1.165, 1.54) is 25.7 Å². The highest BCUT2D eigenvalue weighted by Gasteiger charge is 2.26. The molecule has 3 heteroatoms. The Balaban J connectivity index is 1.56. The van der Waals surface area contributed by atoms with Crippen LogP contribution in [-0.2, 0) is 0 Å². The monoisotopic (exact) mass is 274 g/mol. The van der Waals surface area contributed by atoms with Crippen LogP contribution >= 0.6 is 0 Å². The third-order valence-electron chi connectivity index (χ3n) is 4.72. The van der Waals surface area contributed by atoms with Crippen LogP contribution in [0.3, 0.4) is 0 Å². The van der Waals surface area contributed by atoms with Crippen molar-refractivity contribution in [2.45, 2.75) is 44.8 Å². The second-order valence-corrected chi connectivity index (χ2v) is 6.48. The Bertz CT molecular complexity index is 448. The topological polar surface area (TPSA) is 24.5 Å². The number of para-hydroxylation sites is 2. The highest BCUT2D eigenvalue weighted by Crippen LogP contribution is 2.30. The Labute approximate surface area is 122 Å². The number of hydrogen-bond donors (Lipinski definition) is 1. The molecule has 1 aromatic carbocycles. The molecular weight excluding hydrogens is 248 g/mol. The fourth-order valence-electron chi connectivity index (χ4n) is 3.53. The summed E-state index contributed by atoms with van der Waals surface area (Å²) in [5.74, 6) is 1.87. The standard InChI is InChI=1S/C17H26N2O/c1-13-6-5-7-14(10-13)19(2)12-15-11-18-16-8-3-4-9-17(16)20-15/h3-4,8-9,13-15,18H,5-7,10-12H2,1-2H3. The van der Waals surface area contributed by atoms with E-state index >= 15 is 0 Å². The molecule has 110 valence electrons. The molecule has 0 spiro atoms. The summed E-state index contributed by atoms with van der Waals surface area (Å²) in [6.07, 6.45) is 5.72. The number of nitrogens with one attached hydrogen (secondary N) is 1. The molecule has 1 saturated carbocycles. The molecule has 0 bridgehead atoms. The number of benzene rings is 1. The molecule has 3 rings (SSSR count). The lowest BCUT2D eigenvalue weighted by atomic mass is 9.86. The Morgan fingerprint density at radius 1 is 1.30 bits per heavy atom. The van der Waals surface area contributed by atoms with E-state index in [1.54, 1.807) is 0 Å². The smallest absolute Gasteiger partial charge is 0.142 e. The summed E-state index contributed by atoms with van der Waals surface area (Å²) in [5, 5.41) is 3.48. The van der Waals surface area contributed by atoms with E-state index in [0.717, 1.165) is 36.5 Å². The number of likely N-dealkylation sites (N-methyl/N-ethyl adjacent to an activating group) is 1. The fourth-order valence-corrected chi connectivity index (χ4v) is 3.53. The molecule has 1 heterocycles. The van der Waals surface area contributed by atoms with E-state index in [2.05, 4.69) is 36.3 Å². The van der Waals surface area contributed by atoms with Gasteiger partial charge in [-0.15, -0.1) is 0 Å². The van der Waals surface area contributed by atoms with E-state index in [-0.39, 0.29) is 6.10 Å². The first-order valence-electron chi connectivity index (χ1n) is 7.92. The summed E-state index contributed by atoms with van der Waals surface area (Å²) >= 11 is 0. The summed E-state index contributed by atoms with van der Waals surface area (Å²) in [5.41, 5.74) is 1.12. The molecule has 0 radical (unpaired) electrons. The molecule has 1 aliphatic carbocycles. The zero-order valence-electron chi connectivity index (χ0n) is 12.6. The van der Waals surface area contributed by atoms with Gasteiger partial charge in [0.05, 0.1) is 12.2 Å². The van der Waals surface area contributed by atoms with Gasteiger partial charge < -0.3 is 10.1 Å². The molecule has 3 unspecified atom stereocenters. The van der Waals surface area contributed by atoms with Crippen LogP contribution in [0.2, 0.25) is 0 Å². The van der Waals surface area contributed by atoms with Crippen molar-refractivity contribution >= 4 is 5.69 Å². The first-order chi connectivity index (χ1) is 9.72. The van der Waals surface area contributed by atoms with Gasteiger partial charge in [-0.1, -0.05) is 31.9 Å². The van der Waals surface area contributed by atoms with Gasteiger partial charge in [0.2, 0.25) is 0 Å². The largest absolute Gasteiger partial charge is 0.485 e. The van der Waals surface area contributed by atoms with E-state index in [4.69, 9.17) is 4.74 Å². The number of hydrogen-bond acceptors (Lipinski definition) is 3. The van der Waals surface area contributed by atoms with Gasteiger partial charge in [-0.05, 0) is 37.9 Å². The van der Waals surface area contributed by atoms with Crippen molar-refractivity contribution in [3.05, 3.63) is 24.3 Å². The summed E-state index contributed by atoms with van der Waals surface area (Å²) in [6, 6.07) is 8.95. The van der Waals surface area contributed by atoms with Crippen molar-refractivity contribution in [2.75, 3.05) is 25.5 Å². The summed E-state index contributed by atoms with van der Waals surface area (Å²) in [4.78, 5) is 2.51. The van der Waals surface area contributed by atoms with Crippen LogP contribution in [-0.4, -0.2) is 37.2 Å². The van der Waals surface area contributed by atoms with Crippen LogP contribution in [0.15, 0.2) is 24.3 Å². The number of nitrogens with zero attached hydrogens (tertiary/aromatic N) is 1. The van der Waals surface area contributed by atoms with Crippen LogP contribution < -0.4 is 10.1 Å². The minimum Gasteiger partial charge on any atom is -0.485 e. The average Bonchev–Trinajstić information content (AvgIpc) is 2.47. The Hall–Kier alpha value is -1.22. The van der Waals surface area contributed by atoms with Crippen molar-refractivity contribution in [1.29, 1.82) is 0 Å². The first kappa shape index (κ1) is 13.7. The third-order valence-corrected chi connectivity index (χ3v) is 4.72. The van der Waals surface area contributed by atoms with Crippen LogP contribution in [0.25, 0.3) is 0 Å². The lowest BCUT2D eigenvalue weighted by Gasteiger charge is -2.37. The van der Waals surface area contributed by atoms with E-state index in [0.29, 0.717) is 0 Å². The van der Waals surface area contributed by atoms with Gasteiger partial charge in [0.15, 0.2) is 0 Å². The van der Waals surface area contributed by atoms with Gasteiger partial charge in [-0.2, -0.15) is 0 Å². The van der Waals surface area contributed by atoms with E-state index in [1.807, 2.05) is 12.1 Å². The molecule has 1 aliphatic heterocycles. The highest BCUT2D eigenvalue weighted by atomic mass is 16.5. The Morgan fingerprint density at radius 2 is 2.15 bits per heavy atom. The number of fused-ring (bicyclic) bond motifs is 1. The highest BCUT2D eigenvalue weighted by molar-refractivity contribution is 5.57. The summed E-state index contributed by atoms with van der Waals surface area (Å²) in [6.45, 7) is 4.30. The van der Waals surface area contributed by atoms with E-state index in [9.17, 15) is 0 Å². The van der Waals surface area contributed by atoms with Crippen LogP contribution in [0, 0.1) is 5.92 Å². The van der Waals surface area contributed by atoms with Crippen LogP contribution in [0.1, 0.15) is 32.6 Å². The maximum atomic E-state index is 6.12. The predicted molar refractivity (Wildman–Crippen MR) is 83.4 cm³/mol. The van der Waals surface area contributed by atoms with Gasteiger partial charge >= 0.3 is 0 Å². The molecule has 0 aromatic heterocycles. The average molecular weight is 274 g/mol. The van der Waals surface area contributed by atoms with Crippen LogP contribution in [0.4, 0.5) is 5.69 Å². The minimum absolute atomic E-state index is 0.257. The van der Waals surface area contributed by atoms with E-state index < -0.39 is 0 Å². The molecular formula is C17H26N2O. The van der Waals surface area contributed by atoms with Crippen molar-refractivity contribution in [3.8, 4) is 5.75 Å². The van der Waals surface area contributed by atoms with Gasteiger partial charge in [0.1, 0.15) is 11.9 Å². The zero-order chi connectivity index (χ0) is 13.9. The molecule has 20 heavy (non-hydrogen) atoms. The zero-order valence-corrected chi connectivity index (χ0v) is 12.6. The van der Waals surface area contributed by atoms with Crippen molar-refractivity contribution in [2.24, 2.45) is 5.92 Å². The number of ether oxygens (including phenoxy) is 1. The number of anilines is 1. The van der Waals surface area contributed by atoms with Crippen LogP contribution in [0.5, 0.6) is 5.75 Å². The quantitative estimate of drug-likeness (QED) is 0.914. The van der Waals surface area contributed by atoms with Crippen molar-refractivity contribution < 1.29 is 4.74 Å². The van der Waals surface area contributed by atoms with Gasteiger partial charge in [-0.3, -0.25) is 4.90 Å². The van der Waals surface area contributed by atoms with Gasteiger partial charge in [0, 0.05) is 12.6 Å². The molecule has 3 atom stereocenters.